The van der Waals surface area contributed by atoms with Gasteiger partial charge in [-0.15, -0.1) is 0 Å². The van der Waals surface area contributed by atoms with Gasteiger partial charge in [0.05, 0.1) is 6.42 Å². The lowest BCUT2D eigenvalue weighted by Crippen LogP contribution is -2.53. The van der Waals surface area contributed by atoms with Crippen molar-refractivity contribution in [2.75, 3.05) is 19.6 Å². The van der Waals surface area contributed by atoms with Crippen LogP contribution >= 0.6 is 0 Å². The minimum atomic E-state index is -1.11. The normalized spacial score (nSPS) is 16.6. The molecule has 1 saturated heterocycles. The molecule has 0 aromatic rings. The molecule has 1 atom stereocenters. The van der Waals surface area contributed by atoms with Gasteiger partial charge in [-0.3, -0.25) is 14.5 Å². The lowest BCUT2D eigenvalue weighted by atomic mass is 10.1. The van der Waals surface area contributed by atoms with E-state index >= 15 is 0 Å². The van der Waals surface area contributed by atoms with Crippen molar-refractivity contribution in [2.45, 2.75) is 65.0 Å². The molecule has 1 rings (SSSR count). The molecule has 1 aliphatic heterocycles. The third-order valence-corrected chi connectivity index (χ3v) is 3.67. The van der Waals surface area contributed by atoms with Gasteiger partial charge >= 0.3 is 12.1 Å². The van der Waals surface area contributed by atoms with Crippen molar-refractivity contribution >= 4 is 18.0 Å². The van der Waals surface area contributed by atoms with Gasteiger partial charge in [-0.1, -0.05) is 0 Å². The van der Waals surface area contributed by atoms with Crippen LogP contribution in [-0.4, -0.2) is 64.2 Å². The van der Waals surface area contributed by atoms with Gasteiger partial charge < -0.3 is 14.7 Å². The molecule has 0 aromatic heterocycles. The van der Waals surface area contributed by atoms with Crippen LogP contribution in [0, 0.1) is 0 Å². The maximum absolute atomic E-state index is 12.7. The monoisotopic (exact) mass is 328 g/mol. The Kier molecular flexibility index (Phi) is 6.84. The maximum Gasteiger partial charge on any atom is 0.410 e. The average Bonchev–Trinajstić information content (AvgIpc) is 2.45. The molecule has 0 spiro atoms. The first-order valence-electron chi connectivity index (χ1n) is 8.16. The first kappa shape index (κ1) is 19.3. The Balaban J connectivity index is 2.94. The zero-order valence-electron chi connectivity index (χ0n) is 14.5. The highest BCUT2D eigenvalue weighted by atomic mass is 16.6. The van der Waals surface area contributed by atoms with E-state index < -0.39 is 30.1 Å². The molecule has 0 aromatic carbocycles. The molecule has 0 radical (unpaired) electrons. The molecule has 7 nitrogen and oxygen atoms in total. The summed E-state index contributed by atoms with van der Waals surface area (Å²) in [4.78, 5) is 39.1. The standard InChI is InChI=1S/C16H28N2O5/c1-5-18(15(22)23-16(2,3)4)12(11-13(19)20)14(21)17-9-7-6-8-10-17/h12H,5-11H2,1-4H3,(H,19,20). The van der Waals surface area contributed by atoms with Crippen molar-refractivity contribution < 1.29 is 24.2 Å². The van der Waals surface area contributed by atoms with Crippen LogP contribution in [0.5, 0.6) is 0 Å². The van der Waals surface area contributed by atoms with Gasteiger partial charge in [0.2, 0.25) is 5.91 Å². The number of hydrogen-bond donors (Lipinski definition) is 1. The molecule has 2 amide bonds. The van der Waals surface area contributed by atoms with Crippen molar-refractivity contribution in [2.24, 2.45) is 0 Å². The minimum Gasteiger partial charge on any atom is -0.481 e. The number of hydrogen-bond acceptors (Lipinski definition) is 4. The van der Waals surface area contributed by atoms with Gasteiger partial charge in [-0.05, 0) is 47.0 Å². The first-order chi connectivity index (χ1) is 10.7. The van der Waals surface area contributed by atoms with Crippen molar-refractivity contribution in [1.29, 1.82) is 0 Å². The minimum absolute atomic E-state index is 0.215. The van der Waals surface area contributed by atoms with E-state index in [1.165, 1.54) is 4.90 Å². The van der Waals surface area contributed by atoms with Gasteiger partial charge in [-0.2, -0.15) is 0 Å². The van der Waals surface area contributed by atoms with E-state index in [9.17, 15) is 14.4 Å². The quantitative estimate of drug-likeness (QED) is 0.835. The summed E-state index contributed by atoms with van der Waals surface area (Å²) in [5, 5.41) is 9.14. The molecule has 7 heteroatoms. The molecular weight excluding hydrogens is 300 g/mol. The number of likely N-dealkylation sites (tertiary alicyclic amines) is 1. The summed E-state index contributed by atoms with van der Waals surface area (Å²) in [5.74, 6) is -1.41. The molecule has 1 fully saturated rings. The zero-order valence-corrected chi connectivity index (χ0v) is 14.5. The molecule has 132 valence electrons. The average molecular weight is 328 g/mol. The number of carbonyl (C=O) groups is 3. The van der Waals surface area contributed by atoms with Crippen LogP contribution in [-0.2, 0) is 14.3 Å². The van der Waals surface area contributed by atoms with E-state index in [0.29, 0.717) is 13.1 Å². The third kappa shape index (κ3) is 6.08. The number of aliphatic carboxylic acids is 1. The Labute approximate surface area is 137 Å². The van der Waals surface area contributed by atoms with Gasteiger partial charge in [0.25, 0.3) is 0 Å². The second kappa shape index (κ2) is 8.17. The van der Waals surface area contributed by atoms with Gasteiger partial charge in [-0.25, -0.2) is 4.79 Å². The van der Waals surface area contributed by atoms with Crippen LogP contribution in [0.4, 0.5) is 4.79 Å². The number of carboxylic acid groups (broad SMARTS) is 1. The fourth-order valence-electron chi connectivity index (χ4n) is 2.62. The largest absolute Gasteiger partial charge is 0.481 e. The third-order valence-electron chi connectivity index (χ3n) is 3.67. The highest BCUT2D eigenvalue weighted by molar-refractivity contribution is 5.89. The Morgan fingerprint density at radius 3 is 2.17 bits per heavy atom. The molecule has 1 unspecified atom stereocenters. The van der Waals surface area contributed by atoms with Crippen molar-refractivity contribution in [1.82, 2.24) is 9.80 Å². The van der Waals surface area contributed by atoms with Crippen LogP contribution in [0.1, 0.15) is 53.4 Å². The van der Waals surface area contributed by atoms with Crippen molar-refractivity contribution in [3.05, 3.63) is 0 Å². The summed E-state index contributed by atoms with van der Waals surface area (Å²) in [6, 6.07) is -1.02. The molecule has 0 aliphatic carbocycles. The molecular formula is C16H28N2O5. The maximum atomic E-state index is 12.7. The van der Waals surface area contributed by atoms with Crippen LogP contribution in [0.2, 0.25) is 0 Å². The molecule has 23 heavy (non-hydrogen) atoms. The van der Waals surface area contributed by atoms with Gasteiger partial charge in [0, 0.05) is 19.6 Å². The van der Waals surface area contributed by atoms with E-state index in [1.807, 2.05) is 0 Å². The Hall–Kier alpha value is -1.79. The van der Waals surface area contributed by atoms with Crippen molar-refractivity contribution in [3.8, 4) is 0 Å². The van der Waals surface area contributed by atoms with Crippen LogP contribution in [0.25, 0.3) is 0 Å². The molecule has 1 N–H and O–H groups in total. The fraction of sp³-hybridized carbons (Fsp3) is 0.812. The molecule has 0 saturated carbocycles. The van der Waals surface area contributed by atoms with E-state index in [2.05, 4.69) is 0 Å². The highest BCUT2D eigenvalue weighted by Gasteiger charge is 2.36. The predicted molar refractivity (Wildman–Crippen MR) is 85.1 cm³/mol. The lowest BCUT2D eigenvalue weighted by molar-refractivity contribution is -0.146. The Morgan fingerprint density at radius 1 is 1.17 bits per heavy atom. The van der Waals surface area contributed by atoms with Crippen LogP contribution in [0.15, 0.2) is 0 Å². The number of carboxylic acids is 1. The summed E-state index contributed by atoms with van der Waals surface area (Å²) in [6.45, 7) is 8.35. The van der Waals surface area contributed by atoms with E-state index in [1.54, 1.807) is 32.6 Å². The van der Waals surface area contributed by atoms with E-state index in [4.69, 9.17) is 9.84 Å². The number of rotatable bonds is 5. The Morgan fingerprint density at radius 2 is 1.74 bits per heavy atom. The number of nitrogens with zero attached hydrogens (tertiary/aromatic N) is 2. The second-order valence-corrected chi connectivity index (χ2v) is 6.77. The van der Waals surface area contributed by atoms with E-state index in [-0.39, 0.29) is 12.5 Å². The predicted octanol–water partition coefficient (Wildman–Crippen LogP) is 2.10. The number of piperidine rings is 1. The number of carbonyl (C=O) groups excluding carboxylic acids is 2. The second-order valence-electron chi connectivity index (χ2n) is 6.77. The SMILES string of the molecule is CCN(C(=O)OC(C)(C)C)C(CC(=O)O)C(=O)N1CCCCC1. The van der Waals surface area contributed by atoms with Gasteiger partial charge in [0.1, 0.15) is 11.6 Å². The zero-order chi connectivity index (χ0) is 17.6. The molecule has 1 aliphatic rings. The molecule has 0 bridgehead atoms. The summed E-state index contributed by atoms with van der Waals surface area (Å²) >= 11 is 0. The number of ether oxygens (including phenoxy) is 1. The summed E-state index contributed by atoms with van der Waals surface area (Å²) in [5.41, 5.74) is -0.702. The smallest absolute Gasteiger partial charge is 0.410 e. The fourth-order valence-corrected chi connectivity index (χ4v) is 2.62. The highest BCUT2D eigenvalue weighted by Crippen LogP contribution is 2.18. The Bertz CT molecular complexity index is 438. The van der Waals surface area contributed by atoms with Crippen molar-refractivity contribution in [3.63, 3.8) is 0 Å². The topological polar surface area (TPSA) is 87.1 Å². The van der Waals surface area contributed by atoms with E-state index in [0.717, 1.165) is 19.3 Å². The number of likely N-dealkylation sites (N-methyl/N-ethyl adjacent to an activating group) is 1. The first-order valence-corrected chi connectivity index (χ1v) is 8.16. The summed E-state index contributed by atoms with van der Waals surface area (Å²) < 4.78 is 5.31. The lowest BCUT2D eigenvalue weighted by Gasteiger charge is -2.35. The summed E-state index contributed by atoms with van der Waals surface area (Å²) in [7, 11) is 0. The van der Waals surface area contributed by atoms with Crippen LogP contribution < -0.4 is 0 Å². The molecule has 1 heterocycles. The van der Waals surface area contributed by atoms with Gasteiger partial charge in [0.15, 0.2) is 0 Å². The summed E-state index contributed by atoms with van der Waals surface area (Å²) in [6.07, 6.45) is 1.81. The van der Waals surface area contributed by atoms with Crippen LogP contribution in [0.3, 0.4) is 0 Å². The number of amides is 2.